The molecule has 3 rings (SSSR count). The van der Waals surface area contributed by atoms with Crippen LogP contribution in [0.2, 0.25) is 0 Å². The minimum atomic E-state index is -0.351. The minimum Gasteiger partial charge on any atom is -0.484 e. The zero-order valence-corrected chi connectivity index (χ0v) is 12.8. The van der Waals surface area contributed by atoms with Crippen LogP contribution in [-0.4, -0.2) is 27.5 Å². The fraction of sp³-hybridized carbons (Fsp3) is 0.133. The van der Waals surface area contributed by atoms with Crippen LogP contribution < -0.4 is 10.1 Å². The van der Waals surface area contributed by atoms with Crippen LogP contribution in [0.15, 0.2) is 48.0 Å². The van der Waals surface area contributed by atoms with Crippen molar-refractivity contribution >= 4 is 17.2 Å². The minimum absolute atomic E-state index is 0.148. The van der Waals surface area contributed by atoms with Gasteiger partial charge in [0.1, 0.15) is 22.3 Å². The Morgan fingerprint density at radius 3 is 2.87 bits per heavy atom. The summed E-state index contributed by atoms with van der Waals surface area (Å²) >= 11 is 1.55. The Labute approximate surface area is 135 Å². The summed E-state index contributed by atoms with van der Waals surface area (Å²) in [5.41, 5.74) is 0.647. The van der Waals surface area contributed by atoms with Crippen molar-refractivity contribution in [1.82, 2.24) is 20.3 Å². The molecular weight excluding hydrogens is 319 g/mol. The number of nitrogens with one attached hydrogen (secondary N) is 1. The number of benzene rings is 1. The van der Waals surface area contributed by atoms with Crippen molar-refractivity contribution in [3.05, 3.63) is 59.5 Å². The zero-order chi connectivity index (χ0) is 16.1. The standard InChI is InChI=1S/C15H13FN4O2S/c16-11-3-5-13(6-4-11)22-10-14(21)17-8-12-9-20(19-18-12)15-2-1-7-23-15/h1-7,9H,8,10H2,(H,17,21). The van der Waals surface area contributed by atoms with Crippen molar-refractivity contribution in [1.29, 1.82) is 0 Å². The predicted molar refractivity (Wildman–Crippen MR) is 83.0 cm³/mol. The van der Waals surface area contributed by atoms with Crippen molar-refractivity contribution in [2.75, 3.05) is 6.61 Å². The third kappa shape index (κ3) is 4.13. The summed E-state index contributed by atoms with van der Waals surface area (Å²) in [5.74, 6) is -0.208. The molecule has 0 saturated heterocycles. The van der Waals surface area contributed by atoms with Crippen LogP contribution in [0.25, 0.3) is 5.00 Å². The first-order valence-corrected chi connectivity index (χ1v) is 7.69. The smallest absolute Gasteiger partial charge is 0.258 e. The molecule has 1 N–H and O–H groups in total. The number of nitrogens with zero attached hydrogens (tertiary/aromatic N) is 3. The molecule has 0 saturated carbocycles. The summed E-state index contributed by atoms with van der Waals surface area (Å²) < 4.78 is 19.7. The number of carbonyl (C=O) groups is 1. The molecule has 2 aromatic heterocycles. The highest BCUT2D eigenvalue weighted by Crippen LogP contribution is 2.13. The molecule has 0 bridgehead atoms. The van der Waals surface area contributed by atoms with E-state index in [1.54, 1.807) is 22.2 Å². The summed E-state index contributed by atoms with van der Waals surface area (Å²) in [4.78, 5) is 11.7. The number of aromatic nitrogens is 3. The van der Waals surface area contributed by atoms with Crippen LogP contribution >= 0.6 is 11.3 Å². The van der Waals surface area contributed by atoms with E-state index >= 15 is 0 Å². The van der Waals surface area contributed by atoms with Gasteiger partial charge in [0.15, 0.2) is 6.61 Å². The van der Waals surface area contributed by atoms with Crippen LogP contribution in [-0.2, 0) is 11.3 Å². The third-order valence-corrected chi connectivity index (χ3v) is 3.78. The number of hydrogen-bond acceptors (Lipinski definition) is 5. The second-order valence-electron chi connectivity index (χ2n) is 4.63. The van der Waals surface area contributed by atoms with E-state index in [0.29, 0.717) is 11.4 Å². The number of hydrogen-bond donors (Lipinski definition) is 1. The average Bonchev–Trinajstić information content (AvgIpc) is 3.23. The first kappa shape index (κ1) is 15.2. The van der Waals surface area contributed by atoms with Gasteiger partial charge in [0.2, 0.25) is 0 Å². The molecule has 23 heavy (non-hydrogen) atoms. The van der Waals surface area contributed by atoms with E-state index in [4.69, 9.17) is 4.74 Å². The van der Waals surface area contributed by atoms with Gasteiger partial charge in [0.25, 0.3) is 5.91 Å². The van der Waals surface area contributed by atoms with Gasteiger partial charge in [-0.2, -0.15) is 0 Å². The Morgan fingerprint density at radius 2 is 2.13 bits per heavy atom. The van der Waals surface area contributed by atoms with Gasteiger partial charge in [0, 0.05) is 0 Å². The molecule has 0 unspecified atom stereocenters. The number of halogens is 1. The largest absolute Gasteiger partial charge is 0.484 e. The zero-order valence-electron chi connectivity index (χ0n) is 12.0. The van der Waals surface area contributed by atoms with Crippen LogP contribution in [0.1, 0.15) is 5.69 Å². The van der Waals surface area contributed by atoms with Gasteiger partial charge < -0.3 is 10.1 Å². The van der Waals surface area contributed by atoms with E-state index in [1.165, 1.54) is 24.3 Å². The maximum atomic E-state index is 12.7. The van der Waals surface area contributed by atoms with E-state index in [2.05, 4.69) is 15.6 Å². The van der Waals surface area contributed by atoms with E-state index in [1.807, 2.05) is 17.5 Å². The van der Waals surface area contributed by atoms with Gasteiger partial charge in [-0.05, 0) is 41.8 Å². The van der Waals surface area contributed by atoms with Crippen molar-refractivity contribution in [2.24, 2.45) is 0 Å². The highest BCUT2D eigenvalue weighted by atomic mass is 32.1. The van der Waals surface area contributed by atoms with Crippen molar-refractivity contribution in [2.45, 2.75) is 6.54 Å². The molecule has 0 spiro atoms. The van der Waals surface area contributed by atoms with E-state index in [-0.39, 0.29) is 24.9 Å². The Hall–Kier alpha value is -2.74. The normalized spacial score (nSPS) is 10.5. The van der Waals surface area contributed by atoms with Gasteiger partial charge in [-0.15, -0.1) is 16.4 Å². The third-order valence-electron chi connectivity index (χ3n) is 2.92. The second-order valence-corrected chi connectivity index (χ2v) is 5.55. The molecule has 0 aliphatic rings. The number of amides is 1. The first-order valence-electron chi connectivity index (χ1n) is 6.81. The molecule has 0 atom stereocenters. The number of thiophene rings is 1. The van der Waals surface area contributed by atoms with Crippen LogP contribution in [0.4, 0.5) is 4.39 Å². The quantitative estimate of drug-likeness (QED) is 0.751. The van der Waals surface area contributed by atoms with Crippen molar-refractivity contribution in [3.63, 3.8) is 0 Å². The second kappa shape index (κ2) is 7.01. The average molecular weight is 332 g/mol. The molecular formula is C15H13FN4O2S. The lowest BCUT2D eigenvalue weighted by atomic mass is 10.3. The Kier molecular flexibility index (Phi) is 4.62. The number of ether oxygens (including phenoxy) is 1. The highest BCUT2D eigenvalue weighted by molar-refractivity contribution is 7.12. The van der Waals surface area contributed by atoms with Crippen LogP contribution in [0.5, 0.6) is 5.75 Å². The summed E-state index contributed by atoms with van der Waals surface area (Å²) in [6, 6.07) is 9.34. The first-order chi connectivity index (χ1) is 11.2. The van der Waals surface area contributed by atoms with Crippen LogP contribution in [0, 0.1) is 5.82 Å². The molecule has 1 amide bonds. The van der Waals surface area contributed by atoms with Gasteiger partial charge >= 0.3 is 0 Å². The van der Waals surface area contributed by atoms with Gasteiger partial charge in [-0.1, -0.05) is 5.21 Å². The predicted octanol–water partition coefficient (Wildman–Crippen LogP) is 2.16. The monoisotopic (exact) mass is 332 g/mol. The molecule has 0 radical (unpaired) electrons. The van der Waals surface area contributed by atoms with Gasteiger partial charge in [-0.25, -0.2) is 9.07 Å². The molecule has 2 heterocycles. The summed E-state index contributed by atoms with van der Waals surface area (Å²) in [6.07, 6.45) is 1.76. The summed E-state index contributed by atoms with van der Waals surface area (Å²) in [6.45, 7) is 0.113. The fourth-order valence-corrected chi connectivity index (χ4v) is 2.46. The van der Waals surface area contributed by atoms with Gasteiger partial charge in [-0.3, -0.25) is 4.79 Å². The lowest BCUT2D eigenvalue weighted by Gasteiger charge is -2.06. The van der Waals surface area contributed by atoms with Crippen molar-refractivity contribution in [3.8, 4) is 10.8 Å². The fourth-order valence-electron chi connectivity index (χ4n) is 1.81. The highest BCUT2D eigenvalue weighted by Gasteiger charge is 2.07. The van der Waals surface area contributed by atoms with Crippen LogP contribution in [0.3, 0.4) is 0 Å². The Morgan fingerprint density at radius 1 is 1.30 bits per heavy atom. The molecule has 0 fully saturated rings. The maximum Gasteiger partial charge on any atom is 0.258 e. The SMILES string of the molecule is O=C(COc1ccc(F)cc1)NCc1cn(-c2cccs2)nn1. The number of carbonyl (C=O) groups excluding carboxylic acids is 1. The topological polar surface area (TPSA) is 69.0 Å². The summed E-state index contributed by atoms with van der Waals surface area (Å²) in [5, 5.41) is 13.6. The molecule has 118 valence electrons. The number of rotatable bonds is 6. The van der Waals surface area contributed by atoms with Crippen molar-refractivity contribution < 1.29 is 13.9 Å². The Bertz CT molecular complexity index is 771. The van der Waals surface area contributed by atoms with E-state index in [9.17, 15) is 9.18 Å². The molecule has 8 heteroatoms. The lowest BCUT2D eigenvalue weighted by molar-refractivity contribution is -0.123. The molecule has 3 aromatic rings. The summed E-state index contributed by atoms with van der Waals surface area (Å²) in [7, 11) is 0. The Balaban J connectivity index is 1.46. The molecule has 0 aliphatic carbocycles. The van der Waals surface area contributed by atoms with Gasteiger partial charge in [0.05, 0.1) is 12.7 Å². The molecule has 6 nitrogen and oxygen atoms in total. The molecule has 0 aliphatic heterocycles. The maximum absolute atomic E-state index is 12.7. The lowest BCUT2D eigenvalue weighted by Crippen LogP contribution is -2.28. The van der Waals surface area contributed by atoms with E-state index < -0.39 is 0 Å². The van der Waals surface area contributed by atoms with E-state index in [0.717, 1.165) is 5.00 Å². The molecule has 1 aromatic carbocycles.